The predicted molar refractivity (Wildman–Crippen MR) is 138 cm³/mol. The molecule has 0 radical (unpaired) electrons. The van der Waals surface area contributed by atoms with Crippen LogP contribution in [0, 0.1) is 6.92 Å². The molecule has 12 heteroatoms. The number of aliphatic imine (C=N–C) groups is 1. The minimum absolute atomic E-state index is 0.0703. The van der Waals surface area contributed by atoms with Gasteiger partial charge in [-0.05, 0) is 44.5 Å². The van der Waals surface area contributed by atoms with E-state index < -0.39 is 15.6 Å². The van der Waals surface area contributed by atoms with Crippen LogP contribution in [0.3, 0.4) is 0 Å². The van der Waals surface area contributed by atoms with Gasteiger partial charge in [-0.15, -0.1) is 22.7 Å². The topological polar surface area (TPSA) is 115 Å². The molecule has 1 atom stereocenters. The van der Waals surface area contributed by atoms with Crippen LogP contribution in [0.5, 0.6) is 0 Å². The Morgan fingerprint density at radius 2 is 2.03 bits per heavy atom. The number of benzene rings is 1. The van der Waals surface area contributed by atoms with Crippen LogP contribution in [0.25, 0.3) is 32.3 Å². The van der Waals surface area contributed by atoms with E-state index in [2.05, 4.69) is 9.98 Å². The van der Waals surface area contributed by atoms with Gasteiger partial charge < -0.3 is 10.2 Å². The molecule has 4 heterocycles. The van der Waals surface area contributed by atoms with Gasteiger partial charge in [-0.2, -0.15) is 0 Å². The second-order valence-electron chi connectivity index (χ2n) is 8.32. The third-order valence-electron chi connectivity index (χ3n) is 5.74. The third kappa shape index (κ3) is 3.80. The number of rotatable bonds is 4. The van der Waals surface area contributed by atoms with Gasteiger partial charge in [-0.25, -0.2) is 27.7 Å². The lowest BCUT2D eigenvalue weighted by Gasteiger charge is -2.33. The SMILES string of the molecule is CCc1nc(-c2cc(Cl)c(C3(C)CS(=O)(=O)N(C)C(N)=N3)s2)oc1-c1ccc2sc(C)nc2c1. The summed E-state index contributed by atoms with van der Waals surface area (Å²) in [6, 6.07) is 7.81. The molecule has 3 aromatic heterocycles. The molecule has 2 N–H and O–H groups in total. The largest absolute Gasteiger partial charge is 0.435 e. The number of hydrogen-bond donors (Lipinski definition) is 1. The van der Waals surface area contributed by atoms with Gasteiger partial charge in [0, 0.05) is 12.6 Å². The number of thiazole rings is 1. The highest BCUT2D eigenvalue weighted by Gasteiger charge is 2.42. The lowest BCUT2D eigenvalue weighted by Crippen LogP contribution is -2.50. The number of hydrogen-bond acceptors (Lipinski definition) is 9. The molecule has 1 aliphatic rings. The van der Waals surface area contributed by atoms with E-state index in [9.17, 15) is 8.42 Å². The Balaban J connectivity index is 1.57. The number of aromatic nitrogens is 2. The van der Waals surface area contributed by atoms with Gasteiger partial charge in [0.1, 0.15) is 5.54 Å². The van der Waals surface area contributed by atoms with E-state index in [4.69, 9.17) is 26.7 Å². The van der Waals surface area contributed by atoms with Crippen molar-refractivity contribution in [3.05, 3.63) is 44.9 Å². The fraction of sp³-hybridized carbons (Fsp3) is 0.318. The zero-order valence-electron chi connectivity index (χ0n) is 18.9. The number of sulfonamides is 1. The van der Waals surface area contributed by atoms with Crippen LogP contribution in [-0.2, 0) is 22.0 Å². The van der Waals surface area contributed by atoms with Crippen molar-refractivity contribution in [2.45, 2.75) is 32.7 Å². The molecular formula is C22H22ClN5O3S3. The number of oxazole rings is 1. The van der Waals surface area contributed by atoms with E-state index in [0.29, 0.717) is 32.8 Å². The minimum atomic E-state index is -3.62. The predicted octanol–water partition coefficient (Wildman–Crippen LogP) is 5.01. The fourth-order valence-corrected chi connectivity index (χ4v) is 7.91. The van der Waals surface area contributed by atoms with E-state index in [-0.39, 0.29) is 11.7 Å². The number of nitrogens with two attached hydrogens (primary N) is 1. The molecule has 0 fully saturated rings. The summed E-state index contributed by atoms with van der Waals surface area (Å²) in [5, 5.41) is 1.41. The van der Waals surface area contributed by atoms with Crippen LogP contribution in [0.4, 0.5) is 0 Å². The average molecular weight is 536 g/mol. The number of fused-ring (bicyclic) bond motifs is 1. The van der Waals surface area contributed by atoms with Crippen molar-refractivity contribution >= 4 is 60.5 Å². The van der Waals surface area contributed by atoms with Crippen LogP contribution in [-0.4, -0.2) is 41.5 Å². The number of guanidine groups is 1. The van der Waals surface area contributed by atoms with Crippen LogP contribution < -0.4 is 5.73 Å². The van der Waals surface area contributed by atoms with Crippen LogP contribution in [0.15, 0.2) is 33.7 Å². The Kier molecular flexibility index (Phi) is 5.51. The Morgan fingerprint density at radius 1 is 1.26 bits per heavy atom. The second kappa shape index (κ2) is 8.04. The van der Waals surface area contributed by atoms with Gasteiger partial charge in [0.15, 0.2) is 5.76 Å². The molecule has 5 rings (SSSR count). The quantitative estimate of drug-likeness (QED) is 0.393. The summed E-state index contributed by atoms with van der Waals surface area (Å²) < 4.78 is 33.5. The number of aryl methyl sites for hydroxylation is 2. The molecule has 4 aromatic rings. The molecule has 0 saturated heterocycles. The van der Waals surface area contributed by atoms with Crippen molar-refractivity contribution in [3.8, 4) is 22.1 Å². The van der Waals surface area contributed by atoms with Crippen molar-refractivity contribution in [1.82, 2.24) is 14.3 Å². The van der Waals surface area contributed by atoms with E-state index in [1.165, 1.54) is 18.4 Å². The normalized spacial score (nSPS) is 20.1. The molecular weight excluding hydrogens is 514 g/mol. The van der Waals surface area contributed by atoms with Gasteiger partial charge in [0.2, 0.25) is 21.9 Å². The first-order valence-electron chi connectivity index (χ1n) is 10.5. The van der Waals surface area contributed by atoms with Crippen molar-refractivity contribution in [2.24, 2.45) is 10.7 Å². The standard InChI is InChI=1S/C22H22ClN5O3S3/c1-5-14-18(12-6-7-16-15(8-12)25-11(2)32-16)31-20(26-14)17-9-13(23)19(33-17)22(3)10-34(29,30)28(4)21(24)27-22/h6-9H,5,10H2,1-4H3,(H2,24,27). The molecule has 0 amide bonds. The van der Waals surface area contributed by atoms with Crippen LogP contribution >= 0.6 is 34.3 Å². The smallest absolute Gasteiger partial charge is 0.239 e. The lowest BCUT2D eigenvalue weighted by molar-refractivity contribution is 0.482. The van der Waals surface area contributed by atoms with Gasteiger partial charge in [0.05, 0.1) is 41.4 Å². The summed E-state index contributed by atoms with van der Waals surface area (Å²) in [5.41, 5.74) is 7.45. The van der Waals surface area contributed by atoms with E-state index >= 15 is 0 Å². The minimum Gasteiger partial charge on any atom is -0.435 e. The van der Waals surface area contributed by atoms with Gasteiger partial charge in [-0.1, -0.05) is 18.5 Å². The summed E-state index contributed by atoms with van der Waals surface area (Å²) in [6.45, 7) is 5.72. The molecule has 0 bridgehead atoms. The molecule has 34 heavy (non-hydrogen) atoms. The van der Waals surface area contributed by atoms with Gasteiger partial charge in [0.25, 0.3) is 0 Å². The molecule has 0 aliphatic carbocycles. The monoisotopic (exact) mass is 535 g/mol. The molecule has 8 nitrogen and oxygen atoms in total. The molecule has 1 unspecified atom stereocenters. The van der Waals surface area contributed by atoms with Crippen molar-refractivity contribution in [2.75, 3.05) is 12.8 Å². The maximum Gasteiger partial charge on any atom is 0.239 e. The molecule has 178 valence electrons. The summed E-state index contributed by atoms with van der Waals surface area (Å²) in [6.07, 6.45) is 0.683. The molecule has 0 saturated carbocycles. The fourth-order valence-electron chi connectivity index (χ4n) is 4.01. The highest BCUT2D eigenvalue weighted by molar-refractivity contribution is 7.89. The first-order valence-corrected chi connectivity index (χ1v) is 14.1. The zero-order chi connectivity index (χ0) is 24.4. The first-order chi connectivity index (χ1) is 16.0. The molecule has 1 aliphatic heterocycles. The highest BCUT2D eigenvalue weighted by atomic mass is 35.5. The molecule has 1 aromatic carbocycles. The Labute approximate surface area is 210 Å². The third-order valence-corrected chi connectivity index (χ3v) is 10.4. The maximum absolute atomic E-state index is 12.6. The summed E-state index contributed by atoms with van der Waals surface area (Å²) >= 11 is 9.54. The zero-order valence-corrected chi connectivity index (χ0v) is 22.1. The first kappa shape index (κ1) is 23.3. The number of halogens is 1. The van der Waals surface area contributed by atoms with E-state index in [1.807, 2.05) is 32.0 Å². The van der Waals surface area contributed by atoms with E-state index in [1.54, 1.807) is 24.3 Å². The van der Waals surface area contributed by atoms with Crippen LogP contribution in [0.2, 0.25) is 5.02 Å². The maximum atomic E-state index is 12.6. The summed E-state index contributed by atoms with van der Waals surface area (Å²) in [5.74, 6) is 0.808. The Morgan fingerprint density at radius 3 is 2.74 bits per heavy atom. The number of thiophene rings is 1. The second-order valence-corrected chi connectivity index (χ2v) is 13.0. The van der Waals surface area contributed by atoms with E-state index in [0.717, 1.165) is 30.8 Å². The summed E-state index contributed by atoms with van der Waals surface area (Å²) in [7, 11) is -2.23. The Bertz CT molecular complexity index is 1570. The lowest BCUT2D eigenvalue weighted by atomic mass is 10.0. The number of nitrogens with zero attached hydrogens (tertiary/aromatic N) is 4. The molecule has 0 spiro atoms. The Hall–Kier alpha value is -2.47. The van der Waals surface area contributed by atoms with Crippen LogP contribution in [0.1, 0.15) is 29.4 Å². The van der Waals surface area contributed by atoms with Crippen molar-refractivity contribution in [3.63, 3.8) is 0 Å². The van der Waals surface area contributed by atoms with Crippen molar-refractivity contribution in [1.29, 1.82) is 0 Å². The highest BCUT2D eigenvalue weighted by Crippen LogP contribution is 2.45. The average Bonchev–Trinajstić information content (AvgIpc) is 3.46. The van der Waals surface area contributed by atoms with Gasteiger partial charge in [-0.3, -0.25) is 0 Å². The van der Waals surface area contributed by atoms with Crippen molar-refractivity contribution < 1.29 is 12.8 Å². The summed E-state index contributed by atoms with van der Waals surface area (Å²) in [4.78, 5) is 15.0. The van der Waals surface area contributed by atoms with Gasteiger partial charge >= 0.3 is 0 Å².